The third kappa shape index (κ3) is 3.20. The van der Waals surface area contributed by atoms with Crippen molar-refractivity contribution in [3.63, 3.8) is 0 Å². The standard InChI is InChI=1S/C15H20N4O2S/c1-2-16-14(21)11-3-5-18(6-4-11)10-12-9-13(20)19-7-8-22-15(19)17-12/h7-9,11H,2-6,10H2,1H3,(H,16,21). The zero-order chi connectivity index (χ0) is 15.5. The second-order valence-corrected chi connectivity index (χ2v) is 6.46. The van der Waals surface area contributed by atoms with E-state index in [1.165, 1.54) is 11.3 Å². The van der Waals surface area contributed by atoms with E-state index < -0.39 is 0 Å². The van der Waals surface area contributed by atoms with Gasteiger partial charge in [0.05, 0.1) is 5.69 Å². The lowest BCUT2D eigenvalue weighted by atomic mass is 9.96. The highest BCUT2D eigenvalue weighted by atomic mass is 32.1. The van der Waals surface area contributed by atoms with Crippen molar-refractivity contribution in [2.24, 2.45) is 5.92 Å². The van der Waals surface area contributed by atoms with Crippen LogP contribution in [-0.4, -0.2) is 39.8 Å². The zero-order valence-corrected chi connectivity index (χ0v) is 13.4. The molecule has 1 amide bonds. The second-order valence-electron chi connectivity index (χ2n) is 5.59. The minimum absolute atomic E-state index is 0.0292. The van der Waals surface area contributed by atoms with Gasteiger partial charge in [-0.2, -0.15) is 0 Å². The lowest BCUT2D eigenvalue weighted by molar-refractivity contribution is -0.126. The summed E-state index contributed by atoms with van der Waals surface area (Å²) in [6.07, 6.45) is 3.48. The molecule has 0 bridgehead atoms. The molecule has 0 radical (unpaired) electrons. The Kier molecular flexibility index (Phi) is 4.54. The molecule has 1 fully saturated rings. The zero-order valence-electron chi connectivity index (χ0n) is 12.6. The summed E-state index contributed by atoms with van der Waals surface area (Å²) in [6.45, 7) is 5.04. The van der Waals surface area contributed by atoms with Crippen LogP contribution in [-0.2, 0) is 11.3 Å². The Bertz CT molecular complexity index is 716. The highest BCUT2D eigenvalue weighted by Gasteiger charge is 2.24. The molecule has 22 heavy (non-hydrogen) atoms. The predicted octanol–water partition coefficient (Wildman–Crippen LogP) is 1.10. The van der Waals surface area contributed by atoms with Crippen molar-refractivity contribution in [2.45, 2.75) is 26.3 Å². The van der Waals surface area contributed by atoms with E-state index in [0.29, 0.717) is 13.1 Å². The number of likely N-dealkylation sites (tertiary alicyclic amines) is 1. The molecule has 0 saturated carbocycles. The number of thiazole rings is 1. The van der Waals surface area contributed by atoms with E-state index >= 15 is 0 Å². The van der Waals surface area contributed by atoms with Crippen molar-refractivity contribution in [3.05, 3.63) is 33.7 Å². The van der Waals surface area contributed by atoms with E-state index in [2.05, 4.69) is 15.2 Å². The van der Waals surface area contributed by atoms with Gasteiger partial charge in [-0.1, -0.05) is 0 Å². The molecule has 1 saturated heterocycles. The molecule has 118 valence electrons. The Morgan fingerprint density at radius 2 is 2.23 bits per heavy atom. The van der Waals surface area contributed by atoms with E-state index in [1.807, 2.05) is 12.3 Å². The molecule has 1 aliphatic rings. The smallest absolute Gasteiger partial charge is 0.258 e. The fourth-order valence-corrected chi connectivity index (χ4v) is 3.61. The lowest BCUT2D eigenvalue weighted by Crippen LogP contribution is -2.40. The fourth-order valence-electron chi connectivity index (χ4n) is 2.87. The molecule has 0 aromatic carbocycles. The summed E-state index contributed by atoms with van der Waals surface area (Å²) in [5.41, 5.74) is 0.780. The molecular formula is C15H20N4O2S. The summed E-state index contributed by atoms with van der Waals surface area (Å²) in [6, 6.07) is 1.61. The quantitative estimate of drug-likeness (QED) is 0.916. The molecule has 1 N–H and O–H groups in total. The molecule has 3 rings (SSSR count). The van der Waals surface area contributed by atoms with E-state index in [0.717, 1.165) is 36.6 Å². The fraction of sp³-hybridized carbons (Fsp3) is 0.533. The number of hydrogen-bond acceptors (Lipinski definition) is 5. The van der Waals surface area contributed by atoms with Crippen LogP contribution in [0.25, 0.3) is 4.96 Å². The Labute approximate surface area is 132 Å². The highest BCUT2D eigenvalue weighted by Crippen LogP contribution is 2.19. The van der Waals surface area contributed by atoms with Gasteiger partial charge in [0.2, 0.25) is 5.91 Å². The first-order chi connectivity index (χ1) is 10.7. The molecule has 1 aliphatic heterocycles. The summed E-state index contributed by atoms with van der Waals surface area (Å²) >= 11 is 1.47. The van der Waals surface area contributed by atoms with Crippen LogP contribution in [0.5, 0.6) is 0 Å². The normalized spacial score (nSPS) is 17.0. The second kappa shape index (κ2) is 6.58. The Balaban J connectivity index is 1.62. The maximum absolute atomic E-state index is 12.0. The van der Waals surface area contributed by atoms with Crippen molar-refractivity contribution >= 4 is 22.2 Å². The number of fused-ring (bicyclic) bond motifs is 1. The number of nitrogens with zero attached hydrogens (tertiary/aromatic N) is 3. The largest absolute Gasteiger partial charge is 0.356 e. The van der Waals surface area contributed by atoms with Gasteiger partial charge < -0.3 is 5.32 Å². The van der Waals surface area contributed by atoms with E-state index in [4.69, 9.17) is 0 Å². The molecule has 3 heterocycles. The number of carbonyl (C=O) groups excluding carboxylic acids is 1. The first-order valence-electron chi connectivity index (χ1n) is 7.63. The third-order valence-electron chi connectivity index (χ3n) is 4.05. The molecular weight excluding hydrogens is 300 g/mol. The van der Waals surface area contributed by atoms with E-state index in [1.54, 1.807) is 16.7 Å². The number of aromatic nitrogens is 2. The number of amides is 1. The van der Waals surface area contributed by atoms with Gasteiger partial charge in [-0.3, -0.25) is 18.9 Å². The maximum Gasteiger partial charge on any atom is 0.258 e. The van der Waals surface area contributed by atoms with E-state index in [-0.39, 0.29) is 17.4 Å². The first kappa shape index (κ1) is 15.2. The summed E-state index contributed by atoms with van der Waals surface area (Å²) in [5, 5.41) is 4.76. The minimum atomic E-state index is -0.0292. The Morgan fingerprint density at radius 3 is 2.95 bits per heavy atom. The van der Waals surface area contributed by atoms with E-state index in [9.17, 15) is 9.59 Å². The highest BCUT2D eigenvalue weighted by molar-refractivity contribution is 7.15. The van der Waals surface area contributed by atoms with Crippen molar-refractivity contribution < 1.29 is 4.79 Å². The van der Waals surface area contributed by atoms with Gasteiger partial charge in [-0.15, -0.1) is 11.3 Å². The summed E-state index contributed by atoms with van der Waals surface area (Å²) in [4.78, 5) is 31.3. The van der Waals surface area contributed by atoms with Gasteiger partial charge in [0.15, 0.2) is 4.96 Å². The van der Waals surface area contributed by atoms with Crippen molar-refractivity contribution in [1.82, 2.24) is 19.6 Å². The number of rotatable bonds is 4. The van der Waals surface area contributed by atoms with Crippen molar-refractivity contribution in [3.8, 4) is 0 Å². The molecule has 6 nitrogen and oxygen atoms in total. The minimum Gasteiger partial charge on any atom is -0.356 e. The van der Waals surface area contributed by atoms with Gasteiger partial charge in [0.1, 0.15) is 0 Å². The number of piperidine rings is 1. The lowest BCUT2D eigenvalue weighted by Gasteiger charge is -2.30. The third-order valence-corrected chi connectivity index (χ3v) is 4.81. The average molecular weight is 320 g/mol. The van der Waals surface area contributed by atoms with Crippen LogP contribution in [0, 0.1) is 5.92 Å². The van der Waals surface area contributed by atoms with Crippen molar-refractivity contribution in [2.75, 3.05) is 19.6 Å². The molecule has 0 unspecified atom stereocenters. The monoisotopic (exact) mass is 320 g/mol. The van der Waals surface area contributed by atoms with Crippen LogP contribution in [0.3, 0.4) is 0 Å². The average Bonchev–Trinajstić information content (AvgIpc) is 2.97. The van der Waals surface area contributed by atoms with Crippen molar-refractivity contribution in [1.29, 1.82) is 0 Å². The van der Waals surface area contributed by atoms with Gasteiger partial charge >= 0.3 is 0 Å². The SMILES string of the molecule is CCNC(=O)C1CCN(Cc2cc(=O)n3ccsc3n2)CC1. The summed E-state index contributed by atoms with van der Waals surface area (Å²) in [7, 11) is 0. The summed E-state index contributed by atoms with van der Waals surface area (Å²) in [5.74, 6) is 0.285. The van der Waals surface area contributed by atoms with Crippen LogP contribution in [0.2, 0.25) is 0 Å². The van der Waals surface area contributed by atoms with Crippen LogP contribution >= 0.6 is 11.3 Å². The topological polar surface area (TPSA) is 66.7 Å². The number of hydrogen-bond donors (Lipinski definition) is 1. The molecule has 7 heteroatoms. The van der Waals surface area contributed by atoms with Crippen LogP contribution < -0.4 is 10.9 Å². The van der Waals surface area contributed by atoms with Crippen LogP contribution in [0.4, 0.5) is 0 Å². The van der Waals surface area contributed by atoms with Gasteiger partial charge in [-0.05, 0) is 32.9 Å². The molecule has 2 aromatic heterocycles. The molecule has 0 atom stereocenters. The molecule has 0 spiro atoms. The molecule has 0 aliphatic carbocycles. The number of nitrogens with one attached hydrogen (secondary N) is 1. The van der Waals surface area contributed by atoms with Crippen LogP contribution in [0.1, 0.15) is 25.5 Å². The molecule has 2 aromatic rings. The number of carbonyl (C=O) groups is 1. The van der Waals surface area contributed by atoms with Gasteiger partial charge in [0.25, 0.3) is 5.56 Å². The predicted molar refractivity (Wildman–Crippen MR) is 86.0 cm³/mol. The first-order valence-corrected chi connectivity index (χ1v) is 8.51. The Hall–Kier alpha value is -1.73. The van der Waals surface area contributed by atoms with Gasteiger partial charge in [0, 0.05) is 36.7 Å². The Morgan fingerprint density at radius 1 is 1.45 bits per heavy atom. The maximum atomic E-state index is 12.0. The summed E-state index contributed by atoms with van der Waals surface area (Å²) < 4.78 is 1.56. The van der Waals surface area contributed by atoms with Crippen LogP contribution in [0.15, 0.2) is 22.4 Å². The van der Waals surface area contributed by atoms with Gasteiger partial charge in [-0.25, -0.2) is 4.98 Å².